The number of halogens is 1. The summed E-state index contributed by atoms with van der Waals surface area (Å²) in [6, 6.07) is 6.39. The molecular formula is C14H16BrN3. The van der Waals surface area contributed by atoms with E-state index in [2.05, 4.69) is 46.0 Å². The van der Waals surface area contributed by atoms with Crippen LogP contribution in [0.1, 0.15) is 36.3 Å². The fourth-order valence-electron chi connectivity index (χ4n) is 2.53. The van der Waals surface area contributed by atoms with Crippen LogP contribution in [0.2, 0.25) is 0 Å². The van der Waals surface area contributed by atoms with Crippen molar-refractivity contribution in [1.82, 2.24) is 9.97 Å². The number of hydrogen-bond donors (Lipinski definition) is 2. The van der Waals surface area contributed by atoms with Gasteiger partial charge in [0.25, 0.3) is 0 Å². The van der Waals surface area contributed by atoms with Gasteiger partial charge in [-0.15, -0.1) is 0 Å². The van der Waals surface area contributed by atoms with E-state index in [0.29, 0.717) is 12.5 Å². The number of benzene rings is 1. The zero-order valence-corrected chi connectivity index (χ0v) is 11.9. The molecule has 18 heavy (non-hydrogen) atoms. The van der Waals surface area contributed by atoms with E-state index in [1.54, 1.807) is 0 Å². The lowest BCUT2D eigenvalue weighted by Gasteiger charge is -2.06. The Balaban J connectivity index is 1.98. The predicted octanol–water partition coefficient (Wildman–Crippen LogP) is 3.20. The third kappa shape index (κ3) is 1.89. The Kier molecular flexibility index (Phi) is 2.99. The summed E-state index contributed by atoms with van der Waals surface area (Å²) in [4.78, 5) is 8.22. The van der Waals surface area contributed by atoms with Crippen LogP contribution in [0, 0.1) is 0 Å². The van der Waals surface area contributed by atoms with Crippen molar-refractivity contribution in [3.63, 3.8) is 0 Å². The molecule has 3 nitrogen and oxygen atoms in total. The molecule has 3 N–H and O–H groups in total. The number of rotatable bonds is 3. The van der Waals surface area contributed by atoms with Gasteiger partial charge in [-0.3, -0.25) is 0 Å². The third-order valence-corrected chi connectivity index (χ3v) is 4.05. The van der Waals surface area contributed by atoms with Crippen molar-refractivity contribution in [3.8, 4) is 11.3 Å². The molecule has 1 aromatic heterocycles. The first-order valence-corrected chi connectivity index (χ1v) is 7.06. The zero-order chi connectivity index (χ0) is 12.7. The molecule has 3 rings (SSSR count). The number of nitrogens with two attached hydrogens (primary N) is 1. The highest BCUT2D eigenvalue weighted by molar-refractivity contribution is 9.10. The number of H-pyrrole nitrogens is 1. The predicted molar refractivity (Wildman–Crippen MR) is 76.6 cm³/mol. The van der Waals surface area contributed by atoms with Gasteiger partial charge in [0.05, 0.1) is 5.69 Å². The summed E-state index contributed by atoms with van der Waals surface area (Å²) in [5, 5.41) is 0. The van der Waals surface area contributed by atoms with Crippen molar-refractivity contribution < 1.29 is 0 Å². The van der Waals surface area contributed by atoms with Crippen LogP contribution in [0.15, 0.2) is 22.7 Å². The van der Waals surface area contributed by atoms with Crippen LogP contribution in [0.25, 0.3) is 11.3 Å². The Bertz CT molecular complexity index is 589. The molecule has 1 aliphatic carbocycles. The highest BCUT2D eigenvalue weighted by atomic mass is 79.9. The lowest BCUT2D eigenvalue weighted by Crippen LogP contribution is -2.06. The number of nitrogens with one attached hydrogen (secondary N) is 1. The SMILES string of the molecule is CC(CCN)c1nc2c([nH]1)Cc1cc(Br)ccc1-2. The van der Waals surface area contributed by atoms with Crippen LogP contribution in [-0.4, -0.2) is 16.5 Å². The maximum Gasteiger partial charge on any atom is 0.109 e. The van der Waals surface area contributed by atoms with Gasteiger partial charge in [0.15, 0.2) is 0 Å². The van der Waals surface area contributed by atoms with Crippen molar-refractivity contribution in [2.24, 2.45) is 5.73 Å². The number of hydrogen-bond acceptors (Lipinski definition) is 2. The molecule has 4 heteroatoms. The smallest absolute Gasteiger partial charge is 0.109 e. The van der Waals surface area contributed by atoms with Crippen molar-refractivity contribution in [2.75, 3.05) is 6.54 Å². The van der Waals surface area contributed by atoms with Gasteiger partial charge in [0.1, 0.15) is 5.82 Å². The fraction of sp³-hybridized carbons (Fsp3) is 0.357. The summed E-state index contributed by atoms with van der Waals surface area (Å²) in [5.41, 5.74) is 10.6. The Hall–Kier alpha value is -1.13. The van der Waals surface area contributed by atoms with Gasteiger partial charge in [0, 0.05) is 28.1 Å². The first kappa shape index (κ1) is 11.9. The molecule has 1 heterocycles. The van der Waals surface area contributed by atoms with E-state index in [4.69, 9.17) is 10.7 Å². The summed E-state index contributed by atoms with van der Waals surface area (Å²) >= 11 is 3.51. The van der Waals surface area contributed by atoms with E-state index >= 15 is 0 Å². The average molecular weight is 306 g/mol. The molecule has 0 bridgehead atoms. The lowest BCUT2D eigenvalue weighted by atomic mass is 10.1. The molecule has 1 aromatic carbocycles. The van der Waals surface area contributed by atoms with E-state index in [1.807, 2.05) is 0 Å². The second-order valence-electron chi connectivity index (χ2n) is 4.91. The summed E-state index contributed by atoms with van der Waals surface area (Å²) < 4.78 is 1.13. The van der Waals surface area contributed by atoms with Crippen molar-refractivity contribution >= 4 is 15.9 Å². The minimum Gasteiger partial charge on any atom is -0.345 e. The summed E-state index contributed by atoms with van der Waals surface area (Å²) in [6.45, 7) is 2.87. The van der Waals surface area contributed by atoms with E-state index in [-0.39, 0.29) is 0 Å². The van der Waals surface area contributed by atoms with Crippen molar-refractivity contribution in [3.05, 3.63) is 39.8 Å². The number of fused-ring (bicyclic) bond motifs is 3. The Morgan fingerprint density at radius 1 is 1.50 bits per heavy atom. The van der Waals surface area contributed by atoms with Gasteiger partial charge in [-0.1, -0.05) is 28.9 Å². The number of nitrogens with zero attached hydrogens (tertiary/aromatic N) is 1. The van der Waals surface area contributed by atoms with Crippen LogP contribution in [-0.2, 0) is 6.42 Å². The second-order valence-corrected chi connectivity index (χ2v) is 5.82. The Morgan fingerprint density at radius 2 is 2.33 bits per heavy atom. The van der Waals surface area contributed by atoms with Gasteiger partial charge in [0.2, 0.25) is 0 Å². The normalized spacial score (nSPS) is 14.4. The van der Waals surface area contributed by atoms with Gasteiger partial charge >= 0.3 is 0 Å². The molecule has 1 aliphatic rings. The van der Waals surface area contributed by atoms with Gasteiger partial charge in [-0.25, -0.2) is 4.98 Å². The number of imidazole rings is 1. The Labute approximate surface area is 115 Å². The van der Waals surface area contributed by atoms with Crippen molar-refractivity contribution in [2.45, 2.75) is 25.7 Å². The number of aromatic nitrogens is 2. The summed E-state index contributed by atoms with van der Waals surface area (Å²) in [6.07, 6.45) is 1.92. The molecule has 94 valence electrons. The maximum atomic E-state index is 5.60. The number of aromatic amines is 1. The fourth-order valence-corrected chi connectivity index (χ4v) is 2.94. The van der Waals surface area contributed by atoms with E-state index < -0.39 is 0 Å². The van der Waals surface area contributed by atoms with Gasteiger partial charge in [-0.05, 0) is 30.7 Å². The van der Waals surface area contributed by atoms with Crippen LogP contribution in [0.3, 0.4) is 0 Å². The molecule has 0 fully saturated rings. The topological polar surface area (TPSA) is 54.7 Å². The first-order chi connectivity index (χ1) is 8.69. The molecule has 0 spiro atoms. The van der Waals surface area contributed by atoms with Crippen LogP contribution in [0.4, 0.5) is 0 Å². The van der Waals surface area contributed by atoms with Crippen LogP contribution >= 0.6 is 15.9 Å². The van der Waals surface area contributed by atoms with E-state index in [0.717, 1.165) is 28.8 Å². The van der Waals surface area contributed by atoms with Crippen LogP contribution < -0.4 is 5.73 Å². The second kappa shape index (κ2) is 4.52. The summed E-state index contributed by atoms with van der Waals surface area (Å²) in [7, 11) is 0. The molecule has 1 unspecified atom stereocenters. The highest BCUT2D eigenvalue weighted by Crippen LogP contribution is 2.37. The van der Waals surface area contributed by atoms with E-state index in [9.17, 15) is 0 Å². The first-order valence-electron chi connectivity index (χ1n) is 6.26. The standard InChI is InChI=1S/C14H16BrN3/c1-8(4-5-16)14-17-12-7-9-6-10(15)2-3-11(9)13(12)18-14/h2-3,6,8H,4-5,7,16H2,1H3,(H,17,18). The largest absolute Gasteiger partial charge is 0.345 e. The van der Waals surface area contributed by atoms with Gasteiger partial charge < -0.3 is 10.7 Å². The monoisotopic (exact) mass is 305 g/mol. The minimum absolute atomic E-state index is 0.402. The van der Waals surface area contributed by atoms with Crippen LogP contribution in [0.5, 0.6) is 0 Å². The minimum atomic E-state index is 0.402. The Morgan fingerprint density at radius 3 is 3.11 bits per heavy atom. The molecule has 1 atom stereocenters. The van der Waals surface area contributed by atoms with Crippen molar-refractivity contribution in [1.29, 1.82) is 0 Å². The van der Waals surface area contributed by atoms with E-state index in [1.165, 1.54) is 16.8 Å². The maximum absolute atomic E-state index is 5.60. The zero-order valence-electron chi connectivity index (χ0n) is 10.3. The summed E-state index contributed by atoms with van der Waals surface area (Å²) in [5.74, 6) is 1.47. The van der Waals surface area contributed by atoms with Gasteiger partial charge in [-0.2, -0.15) is 0 Å². The highest BCUT2D eigenvalue weighted by Gasteiger charge is 2.24. The lowest BCUT2D eigenvalue weighted by molar-refractivity contribution is 0.653. The molecular weight excluding hydrogens is 290 g/mol. The third-order valence-electron chi connectivity index (χ3n) is 3.55. The molecule has 2 aromatic rings. The quantitative estimate of drug-likeness (QED) is 0.781. The molecule has 0 aliphatic heterocycles. The molecule has 0 radical (unpaired) electrons. The average Bonchev–Trinajstić information content (AvgIpc) is 2.85. The molecule has 0 saturated carbocycles. The molecule has 0 saturated heterocycles. The molecule has 0 amide bonds.